The van der Waals surface area contributed by atoms with E-state index in [2.05, 4.69) is 5.16 Å². The van der Waals surface area contributed by atoms with Crippen molar-refractivity contribution in [3.05, 3.63) is 58.6 Å². The van der Waals surface area contributed by atoms with Gasteiger partial charge in [0.05, 0.1) is 11.4 Å². The van der Waals surface area contributed by atoms with E-state index in [1.54, 1.807) is 32.0 Å². The SMILES string of the molecule is CC/C(=N\Oc1ccccc1C)c1cc(Cl)ccc1NS(=O)(=O)C(F)(F)F. The predicted octanol–water partition coefficient (Wildman–Crippen LogP) is 5.10. The minimum Gasteiger partial charge on any atom is -0.356 e. The number of anilines is 1. The molecule has 2 aromatic rings. The predicted molar refractivity (Wildman–Crippen MR) is 98.7 cm³/mol. The number of sulfonamides is 1. The maximum atomic E-state index is 12.7. The zero-order chi connectivity index (χ0) is 20.2. The topological polar surface area (TPSA) is 67.8 Å². The lowest BCUT2D eigenvalue weighted by Crippen LogP contribution is -2.30. The lowest BCUT2D eigenvalue weighted by Gasteiger charge is -2.15. The van der Waals surface area contributed by atoms with E-state index in [4.69, 9.17) is 16.4 Å². The number of hydrogen-bond acceptors (Lipinski definition) is 4. The van der Waals surface area contributed by atoms with Gasteiger partial charge in [0, 0.05) is 10.6 Å². The van der Waals surface area contributed by atoms with Gasteiger partial charge in [0.2, 0.25) is 0 Å². The first-order valence-corrected chi connectivity index (χ1v) is 9.59. The molecule has 0 aromatic heterocycles. The van der Waals surface area contributed by atoms with E-state index in [0.717, 1.165) is 11.6 Å². The maximum Gasteiger partial charge on any atom is 0.516 e. The number of rotatable bonds is 6. The van der Waals surface area contributed by atoms with Gasteiger partial charge >= 0.3 is 15.5 Å². The van der Waals surface area contributed by atoms with E-state index >= 15 is 0 Å². The van der Waals surface area contributed by atoms with E-state index in [9.17, 15) is 21.6 Å². The number of para-hydroxylation sites is 1. The van der Waals surface area contributed by atoms with E-state index in [1.165, 1.54) is 16.9 Å². The molecular formula is C17H16ClF3N2O3S. The van der Waals surface area contributed by atoms with Gasteiger partial charge in [-0.15, -0.1) is 0 Å². The van der Waals surface area contributed by atoms with Crippen molar-refractivity contribution < 1.29 is 26.4 Å². The number of nitrogens with zero attached hydrogens (tertiary/aromatic N) is 1. The van der Waals surface area contributed by atoms with Gasteiger partial charge in [-0.25, -0.2) is 0 Å². The Labute approximate surface area is 159 Å². The Morgan fingerprint density at radius 3 is 2.48 bits per heavy atom. The van der Waals surface area contributed by atoms with Crippen LogP contribution in [0.2, 0.25) is 5.02 Å². The number of aryl methyl sites for hydroxylation is 1. The molecule has 1 N–H and O–H groups in total. The van der Waals surface area contributed by atoms with Gasteiger partial charge in [0.1, 0.15) is 0 Å². The third-order valence-corrected chi connectivity index (χ3v) is 4.86. The quantitative estimate of drug-likeness (QED) is 0.522. The fraction of sp³-hybridized carbons (Fsp3) is 0.235. The van der Waals surface area contributed by atoms with Crippen LogP contribution in [-0.4, -0.2) is 19.6 Å². The third-order valence-electron chi connectivity index (χ3n) is 3.52. The van der Waals surface area contributed by atoms with Crippen LogP contribution in [0.4, 0.5) is 18.9 Å². The molecule has 2 rings (SSSR count). The highest BCUT2D eigenvalue weighted by Gasteiger charge is 2.46. The van der Waals surface area contributed by atoms with Gasteiger partial charge in [-0.05, 0) is 43.2 Å². The monoisotopic (exact) mass is 420 g/mol. The third kappa shape index (κ3) is 5.14. The zero-order valence-electron chi connectivity index (χ0n) is 14.3. The van der Waals surface area contributed by atoms with Gasteiger partial charge in [0.25, 0.3) is 0 Å². The van der Waals surface area contributed by atoms with Crippen molar-refractivity contribution in [2.45, 2.75) is 25.8 Å². The standard InChI is InChI=1S/C17H16ClF3N2O3S/c1-3-14(22-26-16-7-5-4-6-11(16)2)13-10-12(18)8-9-15(13)23-27(24,25)17(19,20)21/h4-10,23H,3H2,1-2H3/b22-14+. The van der Waals surface area contributed by atoms with Crippen LogP contribution in [-0.2, 0) is 10.0 Å². The fourth-order valence-corrected chi connectivity index (χ4v) is 2.87. The number of oxime groups is 1. The van der Waals surface area contributed by atoms with Crippen LogP contribution in [0, 0.1) is 6.92 Å². The van der Waals surface area contributed by atoms with E-state index in [1.807, 2.05) is 6.07 Å². The summed E-state index contributed by atoms with van der Waals surface area (Å²) in [5, 5.41) is 4.18. The van der Waals surface area contributed by atoms with E-state index in [0.29, 0.717) is 5.75 Å². The molecule has 27 heavy (non-hydrogen) atoms. The number of benzene rings is 2. The van der Waals surface area contributed by atoms with Gasteiger partial charge in [0.15, 0.2) is 5.75 Å². The van der Waals surface area contributed by atoms with Crippen molar-refractivity contribution >= 4 is 33.0 Å². The summed E-state index contributed by atoms with van der Waals surface area (Å²) in [6.07, 6.45) is 0.257. The van der Waals surface area contributed by atoms with Crippen LogP contribution in [0.5, 0.6) is 5.75 Å². The van der Waals surface area contributed by atoms with Crippen LogP contribution in [0.25, 0.3) is 0 Å². The minimum absolute atomic E-state index is 0.0893. The normalized spacial score (nSPS) is 12.7. The fourth-order valence-electron chi connectivity index (χ4n) is 2.11. The molecule has 0 fully saturated rings. The van der Waals surface area contributed by atoms with Gasteiger partial charge in [-0.3, -0.25) is 4.72 Å². The average Bonchev–Trinajstić information content (AvgIpc) is 2.58. The molecule has 0 saturated carbocycles. The second kappa shape index (κ2) is 8.18. The molecule has 0 amide bonds. The van der Waals surface area contributed by atoms with Crippen molar-refractivity contribution in [3.8, 4) is 5.75 Å². The van der Waals surface area contributed by atoms with Crippen LogP contribution >= 0.6 is 11.6 Å². The molecule has 0 saturated heterocycles. The highest BCUT2D eigenvalue weighted by atomic mass is 35.5. The Hall–Kier alpha value is -2.26. The summed E-state index contributed by atoms with van der Waals surface area (Å²) < 4.78 is 62.5. The van der Waals surface area contributed by atoms with Crippen molar-refractivity contribution in [1.29, 1.82) is 0 Å². The molecule has 0 unspecified atom stereocenters. The van der Waals surface area contributed by atoms with Crippen LogP contribution in [0.1, 0.15) is 24.5 Å². The summed E-state index contributed by atoms with van der Waals surface area (Å²) >= 11 is 5.93. The first-order valence-electron chi connectivity index (χ1n) is 7.73. The Bertz CT molecular complexity index is 960. The Morgan fingerprint density at radius 1 is 1.22 bits per heavy atom. The molecule has 0 aliphatic heterocycles. The molecule has 10 heteroatoms. The number of hydrogen-bond donors (Lipinski definition) is 1. The molecule has 146 valence electrons. The van der Waals surface area contributed by atoms with Crippen LogP contribution in [0.3, 0.4) is 0 Å². The van der Waals surface area contributed by atoms with Crippen molar-refractivity contribution in [2.24, 2.45) is 5.16 Å². The molecule has 0 spiro atoms. The lowest BCUT2D eigenvalue weighted by atomic mass is 10.1. The van der Waals surface area contributed by atoms with Gasteiger partial charge < -0.3 is 4.84 Å². The Morgan fingerprint density at radius 2 is 1.89 bits per heavy atom. The minimum atomic E-state index is -5.59. The molecule has 5 nitrogen and oxygen atoms in total. The lowest BCUT2D eigenvalue weighted by molar-refractivity contribution is -0.0429. The maximum absolute atomic E-state index is 12.7. The summed E-state index contributed by atoms with van der Waals surface area (Å²) in [5.74, 6) is 0.461. The summed E-state index contributed by atoms with van der Waals surface area (Å²) in [7, 11) is -5.59. The number of halogens is 4. The molecular weight excluding hydrogens is 405 g/mol. The molecule has 0 heterocycles. The van der Waals surface area contributed by atoms with Crippen LogP contribution in [0.15, 0.2) is 47.6 Å². The first kappa shape index (κ1) is 21.0. The van der Waals surface area contributed by atoms with Gasteiger partial charge in [-0.1, -0.05) is 41.9 Å². The second-order valence-electron chi connectivity index (χ2n) is 5.49. The molecule has 0 bridgehead atoms. The highest BCUT2D eigenvalue weighted by Crippen LogP contribution is 2.29. The summed E-state index contributed by atoms with van der Waals surface area (Å²) in [5.41, 5.74) is -4.64. The molecule has 2 aromatic carbocycles. The van der Waals surface area contributed by atoms with Crippen LogP contribution < -0.4 is 9.56 Å². The van der Waals surface area contributed by atoms with E-state index < -0.39 is 15.5 Å². The molecule has 0 atom stereocenters. The van der Waals surface area contributed by atoms with Crippen molar-refractivity contribution in [3.63, 3.8) is 0 Å². The number of alkyl halides is 3. The van der Waals surface area contributed by atoms with Gasteiger partial charge in [-0.2, -0.15) is 21.6 Å². The molecule has 0 radical (unpaired) electrons. The average molecular weight is 421 g/mol. The first-order chi connectivity index (χ1) is 12.5. The summed E-state index contributed by atoms with van der Waals surface area (Å²) in [6.45, 7) is 3.50. The number of nitrogens with one attached hydrogen (secondary N) is 1. The molecule has 0 aliphatic carbocycles. The van der Waals surface area contributed by atoms with E-state index in [-0.39, 0.29) is 28.4 Å². The largest absolute Gasteiger partial charge is 0.516 e. The Kier molecular flexibility index (Phi) is 6.38. The summed E-state index contributed by atoms with van der Waals surface area (Å²) in [6, 6.07) is 10.8. The van der Waals surface area contributed by atoms with Crippen molar-refractivity contribution in [1.82, 2.24) is 0 Å². The highest BCUT2D eigenvalue weighted by molar-refractivity contribution is 7.93. The summed E-state index contributed by atoms with van der Waals surface area (Å²) in [4.78, 5) is 5.38. The molecule has 0 aliphatic rings. The van der Waals surface area contributed by atoms with Crippen molar-refractivity contribution in [2.75, 3.05) is 4.72 Å². The zero-order valence-corrected chi connectivity index (χ0v) is 15.9. The smallest absolute Gasteiger partial charge is 0.356 e. The second-order valence-corrected chi connectivity index (χ2v) is 7.60. The Balaban J connectivity index is 2.44.